The molecule has 3 aromatic rings. The summed E-state index contributed by atoms with van der Waals surface area (Å²) < 4.78 is 5.01. The second-order valence-electron chi connectivity index (χ2n) is 6.84. The number of carbonyl (C=O) groups excluding carboxylic acids is 2. The molecule has 0 radical (unpaired) electrons. The Kier molecular flexibility index (Phi) is 8.47. The van der Waals surface area contributed by atoms with E-state index in [1.807, 2.05) is 66.7 Å². The first-order chi connectivity index (χ1) is 15.1. The molecule has 1 heterocycles. The number of hydrogen-bond donors (Lipinski definition) is 1. The van der Waals surface area contributed by atoms with Crippen molar-refractivity contribution in [1.29, 1.82) is 0 Å². The number of esters is 1. The van der Waals surface area contributed by atoms with Crippen LogP contribution in [0, 0.1) is 6.07 Å². The standard InChI is InChI=1S/C25H19N2O3S.Na/c1-17(28)30-16-19-9-13-21(14-10-19)20-11-7-18(8-12-20)15-23-24(29)27-25(31-23)26-22-5-3-2-4-6-22;/h3-15H,16H2,1H3,(H,26,27,29);/q-1;+1. The van der Waals surface area contributed by atoms with Gasteiger partial charge in [0.05, 0.1) is 4.91 Å². The van der Waals surface area contributed by atoms with Crippen molar-refractivity contribution in [2.45, 2.75) is 13.5 Å². The molecule has 154 valence electrons. The van der Waals surface area contributed by atoms with Gasteiger partial charge in [-0.05, 0) is 45.8 Å². The summed E-state index contributed by atoms with van der Waals surface area (Å²) in [6, 6.07) is 26.0. The maximum atomic E-state index is 12.3. The molecule has 4 rings (SSSR count). The predicted octanol–water partition coefficient (Wildman–Crippen LogP) is 2.11. The van der Waals surface area contributed by atoms with Gasteiger partial charge >= 0.3 is 35.5 Å². The maximum Gasteiger partial charge on any atom is 1.00 e. The van der Waals surface area contributed by atoms with Crippen LogP contribution in [0.3, 0.4) is 0 Å². The third-order valence-electron chi connectivity index (χ3n) is 4.52. The Morgan fingerprint density at radius 2 is 1.66 bits per heavy atom. The van der Waals surface area contributed by atoms with Crippen LogP contribution in [0.4, 0.5) is 5.69 Å². The smallest absolute Gasteiger partial charge is 0.461 e. The Labute approximate surface area is 213 Å². The molecule has 0 spiro atoms. The van der Waals surface area contributed by atoms with Crippen LogP contribution in [-0.2, 0) is 20.9 Å². The second-order valence-corrected chi connectivity index (χ2v) is 7.87. The van der Waals surface area contributed by atoms with E-state index < -0.39 is 0 Å². The van der Waals surface area contributed by atoms with Gasteiger partial charge < -0.3 is 10.1 Å². The molecule has 0 bridgehead atoms. The van der Waals surface area contributed by atoms with Crippen molar-refractivity contribution in [1.82, 2.24) is 5.32 Å². The first-order valence-electron chi connectivity index (χ1n) is 9.65. The molecule has 1 fully saturated rings. The third kappa shape index (κ3) is 6.43. The zero-order valence-corrected chi connectivity index (χ0v) is 20.6. The Bertz CT molecular complexity index is 1160. The number of aliphatic imine (C=N–C) groups is 1. The van der Waals surface area contributed by atoms with Gasteiger partial charge in [-0.25, -0.2) is 0 Å². The number of thioether (sulfide) groups is 1. The summed E-state index contributed by atoms with van der Waals surface area (Å²) in [4.78, 5) is 28.2. The van der Waals surface area contributed by atoms with Crippen molar-refractivity contribution < 1.29 is 43.9 Å². The fourth-order valence-electron chi connectivity index (χ4n) is 2.95. The number of hydrogen-bond acceptors (Lipinski definition) is 5. The van der Waals surface area contributed by atoms with E-state index in [1.54, 1.807) is 12.1 Å². The van der Waals surface area contributed by atoms with Crippen LogP contribution >= 0.6 is 11.8 Å². The van der Waals surface area contributed by atoms with E-state index in [1.165, 1.54) is 18.7 Å². The number of nitrogens with one attached hydrogen (secondary N) is 1. The molecule has 1 saturated heterocycles. The van der Waals surface area contributed by atoms with Crippen LogP contribution in [0.1, 0.15) is 18.1 Å². The van der Waals surface area contributed by atoms with Crippen LogP contribution < -0.4 is 34.9 Å². The summed E-state index contributed by atoms with van der Waals surface area (Å²) in [5.74, 6) is -0.446. The van der Waals surface area contributed by atoms with Gasteiger partial charge in [-0.2, -0.15) is 18.2 Å². The minimum absolute atomic E-state index is 0. The summed E-state index contributed by atoms with van der Waals surface area (Å²) in [5, 5.41) is 3.36. The van der Waals surface area contributed by atoms with Gasteiger partial charge in [0.25, 0.3) is 5.91 Å². The van der Waals surface area contributed by atoms with E-state index in [0.29, 0.717) is 10.1 Å². The molecule has 5 nitrogen and oxygen atoms in total. The van der Waals surface area contributed by atoms with Gasteiger partial charge in [0.15, 0.2) is 5.17 Å². The fourth-order valence-corrected chi connectivity index (χ4v) is 3.79. The van der Waals surface area contributed by atoms with E-state index >= 15 is 0 Å². The minimum atomic E-state index is -0.292. The number of nitrogens with zero attached hydrogens (tertiary/aromatic N) is 1. The van der Waals surface area contributed by atoms with Crippen molar-refractivity contribution in [3.05, 3.63) is 94.9 Å². The van der Waals surface area contributed by atoms with Gasteiger partial charge in [-0.3, -0.25) is 14.6 Å². The largest absolute Gasteiger partial charge is 1.00 e. The fraction of sp³-hybridized carbons (Fsp3) is 0.0800. The number of carbonyl (C=O) groups is 2. The summed E-state index contributed by atoms with van der Waals surface area (Å²) >= 11 is 1.32. The van der Waals surface area contributed by atoms with Crippen molar-refractivity contribution in [3.8, 4) is 11.1 Å². The number of amides is 1. The number of ether oxygens (including phenoxy) is 1. The van der Waals surface area contributed by atoms with E-state index in [-0.39, 0.29) is 48.0 Å². The van der Waals surface area contributed by atoms with E-state index in [4.69, 9.17) is 4.74 Å². The molecule has 1 amide bonds. The molecular weight excluding hydrogens is 431 g/mol. The van der Waals surface area contributed by atoms with Crippen molar-refractivity contribution >= 4 is 40.6 Å². The van der Waals surface area contributed by atoms with Gasteiger partial charge in [0, 0.05) is 6.92 Å². The zero-order chi connectivity index (χ0) is 21.6. The zero-order valence-electron chi connectivity index (χ0n) is 17.8. The van der Waals surface area contributed by atoms with E-state index in [2.05, 4.69) is 16.4 Å². The first-order valence-corrected chi connectivity index (χ1v) is 10.5. The Hall–Kier alpha value is -2.64. The van der Waals surface area contributed by atoms with Crippen LogP contribution in [0.25, 0.3) is 17.2 Å². The predicted molar refractivity (Wildman–Crippen MR) is 123 cm³/mol. The molecule has 0 aliphatic carbocycles. The van der Waals surface area contributed by atoms with Crippen LogP contribution in [0.15, 0.2) is 82.7 Å². The van der Waals surface area contributed by atoms with Gasteiger partial charge in [-0.1, -0.05) is 48.5 Å². The van der Waals surface area contributed by atoms with Crippen LogP contribution in [-0.4, -0.2) is 17.0 Å². The van der Waals surface area contributed by atoms with E-state index in [0.717, 1.165) is 27.9 Å². The first kappa shape index (κ1) is 24.0. The normalized spacial score (nSPS) is 15.3. The molecule has 3 aromatic carbocycles. The van der Waals surface area contributed by atoms with Gasteiger partial charge in [0.1, 0.15) is 6.61 Å². The second kappa shape index (κ2) is 11.3. The van der Waals surface area contributed by atoms with Crippen molar-refractivity contribution in [3.63, 3.8) is 0 Å². The average molecular weight is 450 g/mol. The number of rotatable bonds is 5. The number of benzene rings is 3. The Balaban J connectivity index is 0.00000289. The quantitative estimate of drug-likeness (QED) is 0.280. The molecule has 0 atom stereocenters. The van der Waals surface area contributed by atoms with Gasteiger partial charge in [-0.15, -0.1) is 12.1 Å². The minimum Gasteiger partial charge on any atom is -0.461 e. The van der Waals surface area contributed by atoms with Crippen molar-refractivity contribution in [2.75, 3.05) is 0 Å². The molecule has 1 N–H and O–H groups in total. The van der Waals surface area contributed by atoms with Crippen molar-refractivity contribution in [2.24, 2.45) is 4.99 Å². The summed E-state index contributed by atoms with van der Waals surface area (Å²) in [5.41, 5.74) is 4.77. The summed E-state index contributed by atoms with van der Waals surface area (Å²) in [6.07, 6.45) is 1.85. The average Bonchev–Trinajstić information content (AvgIpc) is 3.12. The third-order valence-corrected chi connectivity index (χ3v) is 5.43. The van der Waals surface area contributed by atoms with Crippen LogP contribution in [0.2, 0.25) is 0 Å². The Morgan fingerprint density at radius 3 is 2.28 bits per heavy atom. The topological polar surface area (TPSA) is 67.8 Å². The summed E-state index contributed by atoms with van der Waals surface area (Å²) in [6.45, 7) is 1.67. The molecule has 0 aromatic heterocycles. The van der Waals surface area contributed by atoms with Crippen LogP contribution in [0.5, 0.6) is 0 Å². The monoisotopic (exact) mass is 450 g/mol. The molecule has 32 heavy (non-hydrogen) atoms. The molecule has 0 saturated carbocycles. The maximum absolute atomic E-state index is 12.3. The molecular formula is C25H19N2NaO3S. The molecule has 7 heteroatoms. The molecule has 0 unspecified atom stereocenters. The van der Waals surface area contributed by atoms with E-state index in [9.17, 15) is 9.59 Å². The molecule has 1 aliphatic heterocycles. The number of amidine groups is 1. The summed E-state index contributed by atoms with van der Waals surface area (Å²) in [7, 11) is 0. The Morgan fingerprint density at radius 1 is 1.03 bits per heavy atom. The molecule has 1 aliphatic rings. The SMILES string of the molecule is CC(=O)OCc1ccc(-c2ccc(C=C3SC(=Nc4cc[c-]cc4)NC3=O)cc2)cc1.[Na+]. The van der Waals surface area contributed by atoms with Gasteiger partial charge in [0.2, 0.25) is 0 Å².